The summed E-state index contributed by atoms with van der Waals surface area (Å²) in [6.07, 6.45) is 0.594. The van der Waals surface area contributed by atoms with Crippen molar-refractivity contribution in [3.8, 4) is 0 Å². The molecular formula is C9H20O5S2. The molecule has 4 N–H and O–H groups in total. The molecule has 16 heavy (non-hydrogen) atoms. The van der Waals surface area contributed by atoms with E-state index in [1.165, 1.54) is 6.92 Å². The van der Waals surface area contributed by atoms with Gasteiger partial charge in [0.1, 0.15) is 4.08 Å². The molecule has 0 aromatic heterocycles. The summed E-state index contributed by atoms with van der Waals surface area (Å²) in [5, 5.41) is 34.1. The maximum absolute atomic E-state index is 9.87. The van der Waals surface area contributed by atoms with Crippen LogP contribution in [0.2, 0.25) is 0 Å². The van der Waals surface area contributed by atoms with Gasteiger partial charge in [-0.15, -0.1) is 0 Å². The first-order valence-electron chi connectivity index (χ1n) is 4.69. The molecule has 0 saturated heterocycles. The number of hydrogen-bond acceptors (Lipinski definition) is 6. The van der Waals surface area contributed by atoms with E-state index in [1.54, 1.807) is 0 Å². The van der Waals surface area contributed by atoms with Gasteiger partial charge in [-0.05, 0) is 13.3 Å². The standard InChI is InChI=1S/C6H14O3.C3H6O2S2/c1-2-6(3-7,4-8)5-9;1-3(6,7)2(4)5/h7-9H,2-5H2,1H3;6-7H,1H3,(H,4,5). The lowest BCUT2D eigenvalue weighted by Gasteiger charge is -2.24. The van der Waals surface area contributed by atoms with Crippen molar-refractivity contribution in [3.05, 3.63) is 0 Å². The lowest BCUT2D eigenvalue weighted by atomic mass is 9.88. The fourth-order valence-corrected chi connectivity index (χ4v) is 0.485. The second-order valence-corrected chi connectivity index (χ2v) is 5.80. The Morgan fingerprint density at radius 3 is 1.38 bits per heavy atom. The lowest BCUT2D eigenvalue weighted by Crippen LogP contribution is -2.32. The molecule has 0 atom stereocenters. The van der Waals surface area contributed by atoms with Crippen molar-refractivity contribution in [1.82, 2.24) is 0 Å². The Bertz CT molecular complexity index is 181. The number of aliphatic hydroxyl groups is 3. The van der Waals surface area contributed by atoms with E-state index < -0.39 is 15.5 Å². The van der Waals surface area contributed by atoms with Crippen LogP contribution in [0.15, 0.2) is 0 Å². The summed E-state index contributed by atoms with van der Waals surface area (Å²) in [5.41, 5.74) is -0.667. The van der Waals surface area contributed by atoms with Crippen LogP contribution in [0.25, 0.3) is 0 Å². The summed E-state index contributed by atoms with van der Waals surface area (Å²) < 4.78 is -1.19. The van der Waals surface area contributed by atoms with Gasteiger partial charge in [-0.3, -0.25) is 0 Å². The van der Waals surface area contributed by atoms with Gasteiger partial charge in [0.25, 0.3) is 0 Å². The average Bonchev–Trinajstić information content (AvgIpc) is 2.21. The van der Waals surface area contributed by atoms with Gasteiger partial charge in [0.05, 0.1) is 19.8 Å². The zero-order valence-corrected chi connectivity index (χ0v) is 11.2. The largest absolute Gasteiger partial charge is 0.480 e. The third-order valence-electron chi connectivity index (χ3n) is 2.16. The molecule has 98 valence electrons. The van der Waals surface area contributed by atoms with E-state index in [0.717, 1.165) is 0 Å². The topological polar surface area (TPSA) is 98.0 Å². The van der Waals surface area contributed by atoms with Gasteiger partial charge in [0.15, 0.2) is 0 Å². The summed E-state index contributed by atoms with van der Waals surface area (Å²) in [7, 11) is 0. The smallest absolute Gasteiger partial charge is 0.329 e. The minimum atomic E-state index is -1.19. The molecule has 0 aliphatic rings. The third kappa shape index (κ3) is 7.34. The fraction of sp³-hybridized carbons (Fsp3) is 0.889. The van der Waals surface area contributed by atoms with Gasteiger partial charge < -0.3 is 20.4 Å². The number of aliphatic carboxylic acids is 1. The number of carbonyl (C=O) groups is 1. The molecule has 0 fully saturated rings. The molecule has 0 aromatic rings. The van der Waals surface area contributed by atoms with Gasteiger partial charge in [0, 0.05) is 5.41 Å². The molecule has 5 nitrogen and oxygen atoms in total. The highest BCUT2D eigenvalue weighted by atomic mass is 32.2. The van der Waals surface area contributed by atoms with Crippen LogP contribution >= 0.6 is 25.3 Å². The van der Waals surface area contributed by atoms with Crippen LogP contribution in [0.5, 0.6) is 0 Å². The van der Waals surface area contributed by atoms with Crippen molar-refractivity contribution in [2.45, 2.75) is 24.3 Å². The van der Waals surface area contributed by atoms with E-state index in [9.17, 15) is 4.79 Å². The zero-order valence-electron chi connectivity index (χ0n) is 9.42. The normalized spacial score (nSPS) is 11.7. The van der Waals surface area contributed by atoms with Crippen molar-refractivity contribution in [3.63, 3.8) is 0 Å². The third-order valence-corrected chi connectivity index (χ3v) is 2.54. The second kappa shape index (κ2) is 8.19. The highest BCUT2D eigenvalue weighted by Gasteiger charge is 2.24. The van der Waals surface area contributed by atoms with Crippen LogP contribution in [0, 0.1) is 5.41 Å². The van der Waals surface area contributed by atoms with Crippen molar-refractivity contribution in [1.29, 1.82) is 0 Å². The van der Waals surface area contributed by atoms with Gasteiger partial charge in [-0.2, -0.15) is 25.3 Å². The van der Waals surface area contributed by atoms with Crippen LogP contribution in [0.3, 0.4) is 0 Å². The van der Waals surface area contributed by atoms with Crippen molar-refractivity contribution in [2.75, 3.05) is 19.8 Å². The number of hydrogen-bond donors (Lipinski definition) is 6. The second-order valence-electron chi connectivity index (χ2n) is 3.65. The van der Waals surface area contributed by atoms with Crippen molar-refractivity contribution < 1.29 is 25.2 Å². The molecule has 0 aromatic carbocycles. The molecule has 0 saturated carbocycles. The number of aliphatic hydroxyl groups excluding tert-OH is 3. The predicted molar refractivity (Wildman–Crippen MR) is 68.0 cm³/mol. The Balaban J connectivity index is 0. The molecule has 0 aliphatic heterocycles. The number of carboxylic acids is 1. The molecular weight excluding hydrogens is 252 g/mol. The van der Waals surface area contributed by atoms with Crippen LogP contribution in [0.4, 0.5) is 0 Å². The lowest BCUT2D eigenvalue weighted by molar-refractivity contribution is -0.136. The first-order chi connectivity index (χ1) is 7.19. The summed E-state index contributed by atoms with van der Waals surface area (Å²) in [5.74, 6) is -1.03. The molecule has 0 aliphatic carbocycles. The number of rotatable bonds is 5. The summed E-state index contributed by atoms with van der Waals surface area (Å²) in [4.78, 5) is 9.87. The Kier molecular flexibility index (Phi) is 9.42. The SMILES string of the molecule is CC(S)(S)C(=O)O.CCC(CO)(CO)CO. The number of thiol groups is 2. The Hall–Kier alpha value is 0.0500. The minimum Gasteiger partial charge on any atom is -0.480 e. The molecule has 0 bridgehead atoms. The Morgan fingerprint density at radius 2 is 1.38 bits per heavy atom. The van der Waals surface area contributed by atoms with E-state index in [-0.39, 0.29) is 19.8 Å². The first-order valence-corrected chi connectivity index (χ1v) is 5.59. The number of carboxylic acid groups (broad SMARTS) is 1. The monoisotopic (exact) mass is 272 g/mol. The fourth-order valence-electron chi connectivity index (χ4n) is 0.485. The Morgan fingerprint density at radius 1 is 1.12 bits per heavy atom. The van der Waals surface area contributed by atoms with Crippen LogP contribution in [-0.4, -0.2) is 50.3 Å². The Labute approximate surface area is 106 Å². The molecule has 0 heterocycles. The maximum Gasteiger partial charge on any atom is 0.329 e. The average molecular weight is 272 g/mol. The first kappa shape index (κ1) is 18.4. The predicted octanol–water partition coefficient (Wildman–Crippen LogP) is 0.00650. The van der Waals surface area contributed by atoms with E-state index in [1.807, 2.05) is 6.92 Å². The van der Waals surface area contributed by atoms with Gasteiger partial charge >= 0.3 is 5.97 Å². The van der Waals surface area contributed by atoms with E-state index in [0.29, 0.717) is 6.42 Å². The highest BCUT2D eigenvalue weighted by molar-refractivity contribution is 8.01. The molecule has 0 radical (unpaired) electrons. The maximum atomic E-state index is 9.87. The van der Waals surface area contributed by atoms with Crippen molar-refractivity contribution in [2.24, 2.45) is 5.41 Å². The van der Waals surface area contributed by atoms with E-state index in [2.05, 4.69) is 25.3 Å². The summed E-state index contributed by atoms with van der Waals surface area (Å²) >= 11 is 7.23. The van der Waals surface area contributed by atoms with Crippen LogP contribution in [-0.2, 0) is 4.79 Å². The zero-order chi connectivity index (χ0) is 13.4. The molecule has 7 heteroatoms. The summed E-state index contributed by atoms with van der Waals surface area (Å²) in [6, 6.07) is 0. The molecule has 0 rings (SSSR count). The van der Waals surface area contributed by atoms with E-state index >= 15 is 0 Å². The van der Waals surface area contributed by atoms with Gasteiger partial charge in [-0.1, -0.05) is 6.92 Å². The summed E-state index contributed by atoms with van der Waals surface area (Å²) in [6.45, 7) is 2.74. The van der Waals surface area contributed by atoms with Crippen LogP contribution in [0.1, 0.15) is 20.3 Å². The molecule has 0 unspecified atom stereocenters. The molecule has 0 amide bonds. The minimum absolute atomic E-state index is 0.156. The van der Waals surface area contributed by atoms with Gasteiger partial charge in [-0.25, -0.2) is 4.79 Å². The highest BCUT2D eigenvalue weighted by Crippen LogP contribution is 2.18. The quantitative estimate of drug-likeness (QED) is 0.313. The van der Waals surface area contributed by atoms with Gasteiger partial charge in [0.2, 0.25) is 0 Å². The van der Waals surface area contributed by atoms with Crippen LogP contribution < -0.4 is 0 Å². The van der Waals surface area contributed by atoms with Crippen molar-refractivity contribution >= 4 is 31.2 Å². The molecule has 0 spiro atoms. The van der Waals surface area contributed by atoms with E-state index in [4.69, 9.17) is 20.4 Å².